The maximum atomic E-state index is 10.4. The average Bonchev–Trinajstić information content (AvgIpc) is 2.30. The molecule has 5 N–H and O–H groups in total. The molecule has 0 saturated carbocycles. The van der Waals surface area contributed by atoms with Gasteiger partial charge in [0, 0.05) is 0 Å². The van der Waals surface area contributed by atoms with E-state index in [-0.39, 0.29) is 10.2 Å². The van der Waals surface area contributed by atoms with Gasteiger partial charge in [0.05, 0.1) is 11.4 Å². The summed E-state index contributed by atoms with van der Waals surface area (Å²) in [4.78, 5) is 20.7. The minimum absolute atomic E-state index is 0.0731. The van der Waals surface area contributed by atoms with E-state index < -0.39 is 6.09 Å². The zero-order chi connectivity index (χ0) is 14.3. The molecule has 0 aliphatic rings. The number of nitrogens with one attached hydrogen (secondary N) is 4. The first-order valence-electron chi connectivity index (χ1n) is 4.94. The number of carbonyl (C=O) groups is 2. The van der Waals surface area contributed by atoms with Crippen LogP contribution in [0.1, 0.15) is 0 Å². The summed E-state index contributed by atoms with van der Waals surface area (Å²) in [5.74, 6) is 0. The van der Waals surface area contributed by atoms with Gasteiger partial charge in [-0.05, 0) is 36.6 Å². The third-order valence-corrected chi connectivity index (χ3v) is 2.26. The molecule has 0 atom stereocenters. The number of hydrogen-bond donors (Lipinski definition) is 5. The zero-order valence-corrected chi connectivity index (χ0v) is 11.1. The Balaban J connectivity index is 2.78. The van der Waals surface area contributed by atoms with E-state index in [0.29, 0.717) is 17.8 Å². The lowest BCUT2D eigenvalue weighted by atomic mass is 10.2. The number of rotatable bonds is 3. The van der Waals surface area contributed by atoms with Gasteiger partial charge in [-0.15, -0.1) is 0 Å². The molecule has 0 bridgehead atoms. The van der Waals surface area contributed by atoms with Gasteiger partial charge in [0.15, 0.2) is 10.2 Å². The summed E-state index contributed by atoms with van der Waals surface area (Å²) in [7, 11) is 0. The van der Waals surface area contributed by atoms with Crippen molar-refractivity contribution < 1.29 is 14.7 Å². The Morgan fingerprint density at radius 2 is 1.63 bits per heavy atom. The molecule has 2 amide bonds. The molecule has 1 aromatic carbocycles. The van der Waals surface area contributed by atoms with Crippen LogP contribution in [0.15, 0.2) is 24.3 Å². The van der Waals surface area contributed by atoms with E-state index in [1.165, 1.54) is 0 Å². The number of anilines is 2. The van der Waals surface area contributed by atoms with E-state index in [4.69, 9.17) is 29.5 Å². The van der Waals surface area contributed by atoms with Crippen LogP contribution in [0.2, 0.25) is 0 Å². The second kappa shape index (κ2) is 7.24. The molecule has 0 spiro atoms. The average molecular weight is 298 g/mol. The lowest BCUT2D eigenvalue weighted by Crippen LogP contribution is -2.33. The van der Waals surface area contributed by atoms with Crippen LogP contribution in [0, 0.1) is 0 Å². The van der Waals surface area contributed by atoms with Crippen molar-refractivity contribution in [1.82, 2.24) is 10.6 Å². The van der Waals surface area contributed by atoms with E-state index in [0.717, 1.165) is 0 Å². The van der Waals surface area contributed by atoms with E-state index >= 15 is 0 Å². The highest BCUT2D eigenvalue weighted by molar-refractivity contribution is 7.80. The van der Waals surface area contributed by atoms with Crippen LogP contribution >= 0.6 is 24.4 Å². The molecular weight excluding hydrogens is 288 g/mol. The summed E-state index contributed by atoms with van der Waals surface area (Å²) in [5, 5.41) is 18.3. The first-order chi connectivity index (χ1) is 9.02. The molecule has 0 saturated heterocycles. The Bertz CT molecular complexity index is 521. The summed E-state index contributed by atoms with van der Waals surface area (Å²) in [5.41, 5.74) is 1.05. The molecule has 0 radical (unpaired) electrons. The number of benzene rings is 1. The van der Waals surface area contributed by atoms with Crippen molar-refractivity contribution in [2.45, 2.75) is 0 Å². The molecule has 0 aliphatic heterocycles. The monoisotopic (exact) mass is 298 g/mol. The Morgan fingerprint density at radius 3 is 2.11 bits per heavy atom. The van der Waals surface area contributed by atoms with E-state index in [1.54, 1.807) is 24.3 Å². The van der Waals surface area contributed by atoms with Crippen molar-refractivity contribution >= 4 is 58.5 Å². The zero-order valence-electron chi connectivity index (χ0n) is 9.47. The second-order valence-electron chi connectivity index (χ2n) is 3.15. The lowest BCUT2D eigenvalue weighted by molar-refractivity contribution is -0.108. The van der Waals surface area contributed by atoms with E-state index in [2.05, 4.69) is 16.0 Å². The van der Waals surface area contributed by atoms with E-state index in [1.807, 2.05) is 5.32 Å². The molecule has 0 fully saturated rings. The molecule has 0 aromatic heterocycles. The Morgan fingerprint density at radius 1 is 1.11 bits per heavy atom. The Kier molecular flexibility index (Phi) is 5.64. The van der Waals surface area contributed by atoms with E-state index in [9.17, 15) is 9.59 Å². The van der Waals surface area contributed by atoms with Gasteiger partial charge in [0.1, 0.15) is 0 Å². The highest BCUT2D eigenvalue weighted by Crippen LogP contribution is 2.20. The minimum atomic E-state index is -1.26. The number of amides is 2. The van der Waals surface area contributed by atoms with Gasteiger partial charge in [-0.3, -0.25) is 10.1 Å². The number of hydrogen-bond acceptors (Lipinski definition) is 4. The number of carbonyl (C=O) groups excluding carboxylic acids is 1. The highest BCUT2D eigenvalue weighted by atomic mass is 32.1. The van der Waals surface area contributed by atoms with Gasteiger partial charge in [-0.1, -0.05) is 12.1 Å². The molecule has 7 nitrogen and oxygen atoms in total. The first-order valence-corrected chi connectivity index (χ1v) is 5.75. The Hall–Kier alpha value is -2.26. The lowest BCUT2D eigenvalue weighted by Gasteiger charge is -2.13. The van der Waals surface area contributed by atoms with Crippen LogP contribution in [-0.4, -0.2) is 27.8 Å². The Labute approximate surface area is 119 Å². The maximum absolute atomic E-state index is 10.4. The van der Waals surface area contributed by atoms with Crippen LogP contribution in [0.5, 0.6) is 0 Å². The normalized spacial score (nSPS) is 9.05. The summed E-state index contributed by atoms with van der Waals surface area (Å²) < 4.78 is 0. The van der Waals surface area contributed by atoms with Gasteiger partial charge < -0.3 is 21.1 Å². The second-order valence-corrected chi connectivity index (χ2v) is 3.96. The van der Waals surface area contributed by atoms with Crippen molar-refractivity contribution in [1.29, 1.82) is 0 Å². The first kappa shape index (κ1) is 14.8. The predicted octanol–water partition coefficient (Wildman–Crippen LogP) is 1.09. The van der Waals surface area contributed by atoms with Crippen molar-refractivity contribution in [3.8, 4) is 0 Å². The summed E-state index contributed by atoms with van der Waals surface area (Å²) in [6.07, 6.45) is -0.816. The standard InChI is InChI=1S/C10H10N4O3S2/c15-5-11-8(18)12-6-3-1-2-4-7(6)13-9(19)14-10(16)17/h1-5H,(H,16,17)(H2,13,14,19)(H2,11,12,15,18). The van der Waals surface area contributed by atoms with Crippen molar-refractivity contribution in [2.24, 2.45) is 0 Å². The van der Waals surface area contributed by atoms with Crippen molar-refractivity contribution in [2.75, 3.05) is 10.6 Å². The highest BCUT2D eigenvalue weighted by Gasteiger charge is 2.06. The van der Waals surface area contributed by atoms with Crippen LogP contribution < -0.4 is 21.3 Å². The molecule has 100 valence electrons. The summed E-state index contributed by atoms with van der Waals surface area (Å²) in [6.45, 7) is 0. The fourth-order valence-corrected chi connectivity index (χ4v) is 1.52. The third-order valence-electron chi connectivity index (χ3n) is 1.83. The van der Waals surface area contributed by atoms with Gasteiger partial charge in [-0.2, -0.15) is 0 Å². The van der Waals surface area contributed by atoms with Gasteiger partial charge in [0.2, 0.25) is 6.41 Å². The number of para-hydroxylation sites is 2. The third kappa shape index (κ3) is 5.27. The molecule has 19 heavy (non-hydrogen) atoms. The molecule has 0 heterocycles. The molecule has 9 heteroatoms. The fraction of sp³-hybridized carbons (Fsp3) is 0. The van der Waals surface area contributed by atoms with Crippen LogP contribution in [-0.2, 0) is 4.79 Å². The van der Waals surface area contributed by atoms with Crippen molar-refractivity contribution in [3.63, 3.8) is 0 Å². The fourth-order valence-electron chi connectivity index (χ4n) is 1.16. The summed E-state index contributed by atoms with van der Waals surface area (Å²) >= 11 is 9.66. The predicted molar refractivity (Wildman–Crippen MR) is 79.2 cm³/mol. The summed E-state index contributed by atoms with van der Waals surface area (Å²) in [6, 6.07) is 6.82. The van der Waals surface area contributed by atoms with Crippen LogP contribution in [0.4, 0.5) is 16.2 Å². The molecule has 1 rings (SSSR count). The molecule has 0 aliphatic carbocycles. The maximum Gasteiger partial charge on any atom is 0.410 e. The molecular formula is C10H10N4O3S2. The SMILES string of the molecule is O=CNC(=S)Nc1ccccc1NC(=S)NC(=O)O. The number of thiocarbonyl (C=S) groups is 2. The largest absolute Gasteiger partial charge is 0.465 e. The van der Waals surface area contributed by atoms with Crippen LogP contribution in [0.25, 0.3) is 0 Å². The van der Waals surface area contributed by atoms with Gasteiger partial charge in [0.25, 0.3) is 0 Å². The molecule has 1 aromatic rings. The number of carboxylic acid groups (broad SMARTS) is 1. The minimum Gasteiger partial charge on any atom is -0.465 e. The van der Waals surface area contributed by atoms with Gasteiger partial charge >= 0.3 is 6.09 Å². The quantitative estimate of drug-likeness (QED) is 0.420. The van der Waals surface area contributed by atoms with Gasteiger partial charge in [-0.25, -0.2) is 4.79 Å². The smallest absolute Gasteiger partial charge is 0.410 e. The topological polar surface area (TPSA) is 102 Å². The van der Waals surface area contributed by atoms with Crippen LogP contribution in [0.3, 0.4) is 0 Å². The molecule has 0 unspecified atom stereocenters. The van der Waals surface area contributed by atoms with Crippen molar-refractivity contribution in [3.05, 3.63) is 24.3 Å².